The number of fused-ring (bicyclic) bond motifs is 6. The minimum atomic E-state index is -1.89. The molecule has 0 N–H and O–H groups in total. The van der Waals surface area contributed by atoms with Crippen molar-refractivity contribution >= 4 is 61.7 Å². The first-order valence-corrected chi connectivity index (χ1v) is 30.9. The largest absolute Gasteiger partial charge is 0 e. The molecule has 5 heterocycles. The fraction of sp³-hybridized carbons (Fsp3) is 0.254. The van der Waals surface area contributed by atoms with Crippen LogP contribution < -0.4 is 4.40 Å². The zero-order chi connectivity index (χ0) is 45.5. The molecule has 0 atom stereocenters. The maximum atomic E-state index is 6.66. The van der Waals surface area contributed by atoms with Crippen molar-refractivity contribution in [3.63, 3.8) is 0 Å². The summed E-state index contributed by atoms with van der Waals surface area (Å²) in [6.07, 6.45) is 10.5. The van der Waals surface area contributed by atoms with E-state index in [2.05, 4.69) is 158 Å². The summed E-state index contributed by atoms with van der Waals surface area (Å²) in [7, 11) is 0. The summed E-state index contributed by atoms with van der Waals surface area (Å²) in [5, 5.41) is 3.11. The number of furan rings is 1. The van der Waals surface area contributed by atoms with Gasteiger partial charge in [0.2, 0.25) is 5.71 Å². The average molecular weight is 1120 g/mol. The summed E-state index contributed by atoms with van der Waals surface area (Å²) in [5.41, 5.74) is 16.6. The molecule has 0 spiro atoms. The Bertz CT molecular complexity index is 3360. The average Bonchev–Trinajstić information content (AvgIpc) is 3.89. The molecule has 11 rings (SSSR count). The van der Waals surface area contributed by atoms with Crippen molar-refractivity contribution in [1.82, 2.24) is 24.5 Å². The quantitative estimate of drug-likeness (QED) is 0.112. The monoisotopic (exact) mass is 1120 g/mol. The molecule has 6 nitrogen and oxygen atoms in total. The van der Waals surface area contributed by atoms with Crippen LogP contribution in [0.1, 0.15) is 65.6 Å². The fourth-order valence-corrected chi connectivity index (χ4v) is 13.5. The second-order valence-electron chi connectivity index (χ2n) is 19.4. The van der Waals surface area contributed by atoms with Crippen LogP contribution in [-0.2, 0) is 33.1 Å². The van der Waals surface area contributed by atoms with Gasteiger partial charge in [0, 0.05) is 48.7 Å². The SMILES string of the molecule is Cc1ccc2c(ccc3nc(-c4[c-]cc(C)c5c4oc4nc(-c6c(C)cccc6C)ccc45)n(Cc4ccccc4)c32)n1.[CH3][Ge]([CH3])([CH3])[c]1cnc(-c2[c-]cccc2)cc1CC1CCCCC1.[Ir]. The van der Waals surface area contributed by atoms with Gasteiger partial charge in [0.05, 0.1) is 33.7 Å². The van der Waals surface area contributed by atoms with E-state index in [0.29, 0.717) is 12.3 Å². The van der Waals surface area contributed by atoms with E-state index in [0.717, 1.165) is 89.4 Å². The summed E-state index contributed by atoms with van der Waals surface area (Å²) < 4.78 is 10.5. The van der Waals surface area contributed by atoms with Crippen molar-refractivity contribution in [2.75, 3.05) is 0 Å². The summed E-state index contributed by atoms with van der Waals surface area (Å²) in [6, 6.07) is 48.9. The van der Waals surface area contributed by atoms with E-state index >= 15 is 0 Å². The van der Waals surface area contributed by atoms with Gasteiger partial charge in [-0.3, -0.25) is 9.97 Å². The number of hydrogen-bond acceptors (Lipinski definition) is 5. The van der Waals surface area contributed by atoms with Crippen LogP contribution in [0.3, 0.4) is 0 Å². The summed E-state index contributed by atoms with van der Waals surface area (Å²) in [4.78, 5) is 19.9. The second-order valence-corrected chi connectivity index (χ2v) is 30.0. The number of rotatable bonds is 8. The van der Waals surface area contributed by atoms with E-state index in [-0.39, 0.29) is 20.1 Å². The maximum absolute atomic E-state index is 6.66. The molecule has 0 saturated heterocycles. The Kier molecular flexibility index (Phi) is 13.5. The molecule has 0 bridgehead atoms. The van der Waals surface area contributed by atoms with Crippen LogP contribution in [0, 0.1) is 45.7 Å². The van der Waals surface area contributed by atoms with Crippen LogP contribution >= 0.6 is 0 Å². The van der Waals surface area contributed by atoms with Crippen molar-refractivity contribution in [3.05, 3.63) is 173 Å². The third-order valence-corrected chi connectivity index (χ3v) is 17.8. The number of nitrogens with zero attached hydrogens (tertiary/aromatic N) is 5. The van der Waals surface area contributed by atoms with Crippen molar-refractivity contribution < 1.29 is 24.5 Å². The van der Waals surface area contributed by atoms with E-state index in [1.807, 2.05) is 31.2 Å². The van der Waals surface area contributed by atoms with E-state index in [1.54, 1.807) is 9.96 Å². The molecule has 1 aliphatic rings. The van der Waals surface area contributed by atoms with Crippen LogP contribution in [0.5, 0.6) is 0 Å². The van der Waals surface area contributed by atoms with E-state index in [9.17, 15) is 0 Å². The first-order valence-electron chi connectivity index (χ1n) is 23.6. The molecule has 0 aliphatic heterocycles. The smallest absolute Gasteiger partial charge is 0 e. The standard InChI is InChI=1S/C38H29N4O.C21H28GeN.Ir/c1-22-9-8-10-23(2)33(22)31-18-17-28-34-24(3)13-15-29(36(34)43-38(28)41-31)37-40-32-20-19-30-27(16-14-25(4)39-30)35(32)42(37)21-26-11-6-5-7-12-26;1-22(2,3)20-16-23-21(18-12-8-5-9-13-18)15-19(20)14-17-10-6-4-7-11-17;/h5-14,16-20H,21H2,1-4H3;5,8-9,12,15-17H,4,6-7,10-11,14H2,1-3H3;/q2*-1;. The third kappa shape index (κ3) is 9.44. The Morgan fingerprint density at radius 1 is 0.701 bits per heavy atom. The number of aryl methyl sites for hydroxylation is 4. The summed E-state index contributed by atoms with van der Waals surface area (Å²) >= 11 is -1.89. The van der Waals surface area contributed by atoms with Crippen LogP contribution in [0.25, 0.3) is 77.9 Å². The predicted octanol–water partition coefficient (Wildman–Crippen LogP) is 14.5. The third-order valence-electron chi connectivity index (χ3n) is 13.5. The molecular formula is C59H57GeIrN5O-2. The molecule has 1 aliphatic carbocycles. The number of imidazole rings is 1. The van der Waals surface area contributed by atoms with Gasteiger partial charge in [0.15, 0.2) is 0 Å². The zero-order valence-corrected chi connectivity index (χ0v) is 44.1. The molecule has 339 valence electrons. The van der Waals surface area contributed by atoms with Crippen LogP contribution in [0.2, 0.25) is 17.3 Å². The molecule has 1 fully saturated rings. The van der Waals surface area contributed by atoms with Crippen molar-refractivity contribution in [3.8, 4) is 33.9 Å². The van der Waals surface area contributed by atoms with Gasteiger partial charge in [-0.2, -0.15) is 0 Å². The molecule has 1 radical (unpaired) electrons. The van der Waals surface area contributed by atoms with E-state index < -0.39 is 13.3 Å². The summed E-state index contributed by atoms with van der Waals surface area (Å²) in [5.74, 6) is 9.13. The van der Waals surface area contributed by atoms with Crippen molar-refractivity contribution in [2.24, 2.45) is 5.92 Å². The van der Waals surface area contributed by atoms with Crippen molar-refractivity contribution in [2.45, 2.75) is 90.0 Å². The van der Waals surface area contributed by atoms with Crippen LogP contribution in [-0.4, -0.2) is 37.8 Å². The van der Waals surface area contributed by atoms with E-state index in [1.165, 1.54) is 55.2 Å². The number of hydrogen-bond donors (Lipinski definition) is 0. The Morgan fingerprint density at radius 3 is 2.19 bits per heavy atom. The van der Waals surface area contributed by atoms with Gasteiger partial charge in [0.25, 0.3) is 0 Å². The Labute approximate surface area is 411 Å². The normalized spacial score (nSPS) is 13.2. The van der Waals surface area contributed by atoms with Crippen molar-refractivity contribution in [1.29, 1.82) is 0 Å². The minimum Gasteiger partial charge on any atom is 0 e. The summed E-state index contributed by atoms with van der Waals surface area (Å²) in [6.45, 7) is 9.03. The van der Waals surface area contributed by atoms with Crippen LogP contribution in [0.15, 0.2) is 132 Å². The van der Waals surface area contributed by atoms with E-state index in [4.69, 9.17) is 24.4 Å². The Morgan fingerprint density at radius 2 is 1.45 bits per heavy atom. The molecule has 0 amide bonds. The molecule has 0 unspecified atom stereocenters. The Balaban J connectivity index is 0.000000199. The topological polar surface area (TPSA) is 69.6 Å². The van der Waals surface area contributed by atoms with Gasteiger partial charge >= 0.3 is 144 Å². The number of aromatic nitrogens is 5. The zero-order valence-electron chi connectivity index (χ0n) is 39.6. The van der Waals surface area contributed by atoms with Gasteiger partial charge in [0.1, 0.15) is 0 Å². The molecule has 1 saturated carbocycles. The predicted molar refractivity (Wildman–Crippen MR) is 276 cm³/mol. The van der Waals surface area contributed by atoms with Gasteiger partial charge in [-0.05, 0) is 73.9 Å². The first-order chi connectivity index (χ1) is 32.0. The molecule has 10 aromatic rings. The first kappa shape index (κ1) is 46.4. The molecule has 67 heavy (non-hydrogen) atoms. The molecule has 8 heteroatoms. The fourth-order valence-electron chi connectivity index (χ4n) is 10.2. The molecule has 5 aromatic carbocycles. The van der Waals surface area contributed by atoms with Crippen LogP contribution in [0.4, 0.5) is 0 Å². The van der Waals surface area contributed by atoms with Gasteiger partial charge in [-0.1, -0.05) is 66.4 Å². The second kappa shape index (κ2) is 19.5. The molecule has 5 aromatic heterocycles. The van der Waals surface area contributed by atoms with Gasteiger partial charge in [-0.25, -0.2) is 4.98 Å². The molecular weight excluding hydrogens is 1060 g/mol. The number of pyridine rings is 3. The number of benzene rings is 5. The minimum absolute atomic E-state index is 0. The Hall–Kier alpha value is -5.73. The van der Waals surface area contributed by atoms with Gasteiger partial charge < -0.3 is 8.98 Å². The van der Waals surface area contributed by atoms with Gasteiger partial charge in [-0.15, -0.1) is 17.7 Å². The maximum Gasteiger partial charge on any atom is 0 e.